The van der Waals surface area contributed by atoms with Gasteiger partial charge >= 0.3 is 0 Å². The first-order valence-electron chi connectivity index (χ1n) is 4.49. The van der Waals surface area contributed by atoms with Crippen molar-refractivity contribution in [1.82, 2.24) is 4.98 Å². The summed E-state index contributed by atoms with van der Waals surface area (Å²) in [5.74, 6) is 0.584. The molecule has 68 valence electrons. The van der Waals surface area contributed by atoms with E-state index in [0.717, 1.165) is 17.7 Å². The van der Waals surface area contributed by atoms with Gasteiger partial charge in [-0.15, -0.1) is 0 Å². The third-order valence-corrected chi connectivity index (χ3v) is 1.75. The Morgan fingerprint density at radius 2 is 2.15 bits per heavy atom. The molecule has 0 N–H and O–H groups in total. The van der Waals surface area contributed by atoms with E-state index in [9.17, 15) is 0 Å². The largest absolute Gasteiger partial charge is 0.242 e. The normalized spacial score (nSPS) is 10.1. The fourth-order valence-corrected chi connectivity index (χ4v) is 1.32. The predicted octanol–water partition coefficient (Wildman–Crippen LogP) is 2.46. The number of aromatic nitrogens is 1. The highest BCUT2D eigenvalue weighted by Gasteiger charge is 2.02. The van der Waals surface area contributed by atoms with E-state index in [-0.39, 0.29) is 0 Å². The third kappa shape index (κ3) is 2.87. The first kappa shape index (κ1) is 9.73. The molecule has 0 saturated carbocycles. The second-order valence-corrected chi connectivity index (χ2v) is 3.73. The summed E-state index contributed by atoms with van der Waals surface area (Å²) in [5.41, 5.74) is 2.66. The van der Waals surface area contributed by atoms with E-state index in [0.29, 0.717) is 11.6 Å². The standard InChI is InChI=1S/C11H14N2/c1-8(2)4-10-5-9(3)6-11(7-12)13-10/h5-6,8H,4H2,1-3H3. The van der Waals surface area contributed by atoms with Gasteiger partial charge in [-0.25, -0.2) is 4.98 Å². The Morgan fingerprint density at radius 1 is 1.46 bits per heavy atom. The van der Waals surface area contributed by atoms with Crippen LogP contribution in [0.2, 0.25) is 0 Å². The second kappa shape index (κ2) is 4.04. The molecule has 0 unspecified atom stereocenters. The summed E-state index contributed by atoms with van der Waals surface area (Å²) in [6, 6.07) is 5.92. The van der Waals surface area contributed by atoms with Crippen LogP contribution in [-0.4, -0.2) is 4.98 Å². The van der Waals surface area contributed by atoms with E-state index in [1.807, 2.05) is 19.1 Å². The van der Waals surface area contributed by atoms with Gasteiger partial charge in [0.1, 0.15) is 11.8 Å². The number of hydrogen-bond donors (Lipinski definition) is 0. The van der Waals surface area contributed by atoms with Crippen LogP contribution >= 0.6 is 0 Å². The molecule has 0 radical (unpaired) electrons. The molecule has 0 aliphatic rings. The Kier molecular flexibility index (Phi) is 3.02. The van der Waals surface area contributed by atoms with Crippen molar-refractivity contribution in [3.05, 3.63) is 29.1 Å². The highest BCUT2D eigenvalue weighted by atomic mass is 14.7. The van der Waals surface area contributed by atoms with Crippen LogP contribution in [-0.2, 0) is 6.42 Å². The van der Waals surface area contributed by atoms with Gasteiger partial charge in [0.25, 0.3) is 0 Å². The summed E-state index contributed by atoms with van der Waals surface area (Å²) in [6.45, 7) is 6.29. The van der Waals surface area contributed by atoms with E-state index in [1.165, 1.54) is 0 Å². The van der Waals surface area contributed by atoms with Crippen molar-refractivity contribution in [3.63, 3.8) is 0 Å². The summed E-state index contributed by atoms with van der Waals surface area (Å²) in [4.78, 5) is 4.23. The molecule has 0 aliphatic heterocycles. The molecule has 0 fully saturated rings. The Labute approximate surface area is 79.2 Å². The minimum Gasteiger partial charge on any atom is -0.242 e. The number of nitrogens with zero attached hydrogens (tertiary/aromatic N) is 2. The van der Waals surface area contributed by atoms with Crippen LogP contribution in [0.4, 0.5) is 0 Å². The van der Waals surface area contributed by atoms with Crippen molar-refractivity contribution >= 4 is 0 Å². The second-order valence-electron chi connectivity index (χ2n) is 3.73. The number of hydrogen-bond acceptors (Lipinski definition) is 2. The van der Waals surface area contributed by atoms with Crippen molar-refractivity contribution in [2.24, 2.45) is 5.92 Å². The van der Waals surface area contributed by atoms with Crippen molar-refractivity contribution < 1.29 is 0 Å². The van der Waals surface area contributed by atoms with Crippen LogP contribution in [0.1, 0.15) is 30.8 Å². The van der Waals surface area contributed by atoms with Crippen molar-refractivity contribution in [3.8, 4) is 6.07 Å². The predicted molar refractivity (Wildman–Crippen MR) is 52.2 cm³/mol. The molecule has 2 heteroatoms. The van der Waals surface area contributed by atoms with E-state index in [1.54, 1.807) is 0 Å². The lowest BCUT2D eigenvalue weighted by Crippen LogP contribution is -1.99. The molecule has 0 atom stereocenters. The SMILES string of the molecule is Cc1cc(C#N)nc(CC(C)C)c1. The topological polar surface area (TPSA) is 36.7 Å². The van der Waals surface area contributed by atoms with E-state index in [4.69, 9.17) is 5.26 Å². The monoisotopic (exact) mass is 174 g/mol. The lowest BCUT2D eigenvalue weighted by molar-refractivity contribution is 0.634. The maximum absolute atomic E-state index is 8.71. The van der Waals surface area contributed by atoms with Gasteiger partial charge in [-0.3, -0.25) is 0 Å². The fraction of sp³-hybridized carbons (Fsp3) is 0.455. The Bertz CT molecular complexity index is 334. The lowest BCUT2D eigenvalue weighted by atomic mass is 10.1. The molecule has 0 amide bonds. The van der Waals surface area contributed by atoms with Crippen LogP contribution in [0.5, 0.6) is 0 Å². The summed E-state index contributed by atoms with van der Waals surface area (Å²) in [6.07, 6.45) is 0.941. The maximum atomic E-state index is 8.71. The van der Waals surface area contributed by atoms with Gasteiger partial charge in [-0.05, 0) is 37.0 Å². The minimum absolute atomic E-state index is 0.524. The molecule has 0 spiro atoms. The zero-order valence-corrected chi connectivity index (χ0v) is 8.33. The number of rotatable bonds is 2. The molecule has 1 rings (SSSR count). The van der Waals surface area contributed by atoms with E-state index in [2.05, 4.69) is 24.9 Å². The Morgan fingerprint density at radius 3 is 2.69 bits per heavy atom. The summed E-state index contributed by atoms with van der Waals surface area (Å²) < 4.78 is 0. The van der Waals surface area contributed by atoms with Gasteiger partial charge in [0.15, 0.2) is 0 Å². The minimum atomic E-state index is 0.524. The van der Waals surface area contributed by atoms with Gasteiger partial charge < -0.3 is 0 Å². The summed E-state index contributed by atoms with van der Waals surface area (Å²) in [7, 11) is 0. The summed E-state index contributed by atoms with van der Waals surface area (Å²) >= 11 is 0. The molecular formula is C11H14N2. The lowest BCUT2D eigenvalue weighted by Gasteiger charge is -2.05. The van der Waals surface area contributed by atoms with Crippen molar-refractivity contribution in [2.45, 2.75) is 27.2 Å². The van der Waals surface area contributed by atoms with Crippen molar-refractivity contribution in [1.29, 1.82) is 5.26 Å². The molecule has 0 saturated heterocycles. The van der Waals surface area contributed by atoms with Crippen LogP contribution in [0.25, 0.3) is 0 Å². The van der Waals surface area contributed by atoms with E-state index < -0.39 is 0 Å². The molecule has 1 heterocycles. The third-order valence-electron chi connectivity index (χ3n) is 1.75. The molecule has 0 aromatic carbocycles. The van der Waals surface area contributed by atoms with Gasteiger partial charge in [0.2, 0.25) is 0 Å². The molecule has 0 bridgehead atoms. The average Bonchev–Trinajstić information content (AvgIpc) is 2.01. The molecule has 1 aromatic heterocycles. The summed E-state index contributed by atoms with van der Waals surface area (Å²) in [5, 5.41) is 8.71. The zero-order valence-electron chi connectivity index (χ0n) is 8.33. The van der Waals surface area contributed by atoms with Gasteiger partial charge in [-0.2, -0.15) is 5.26 Å². The van der Waals surface area contributed by atoms with E-state index >= 15 is 0 Å². The average molecular weight is 174 g/mol. The highest BCUT2D eigenvalue weighted by Crippen LogP contribution is 2.09. The zero-order chi connectivity index (χ0) is 9.84. The fourth-order valence-electron chi connectivity index (χ4n) is 1.32. The molecule has 1 aromatic rings. The molecule has 0 aliphatic carbocycles. The van der Waals surface area contributed by atoms with Crippen LogP contribution < -0.4 is 0 Å². The Balaban J connectivity index is 2.96. The van der Waals surface area contributed by atoms with Crippen molar-refractivity contribution in [2.75, 3.05) is 0 Å². The number of pyridine rings is 1. The van der Waals surface area contributed by atoms with Gasteiger partial charge in [-0.1, -0.05) is 13.8 Å². The molecular weight excluding hydrogens is 160 g/mol. The number of nitriles is 1. The smallest absolute Gasteiger partial charge is 0.141 e. The van der Waals surface area contributed by atoms with Crippen LogP contribution in [0.3, 0.4) is 0 Å². The number of aryl methyl sites for hydroxylation is 1. The van der Waals surface area contributed by atoms with Gasteiger partial charge in [0.05, 0.1) is 0 Å². The van der Waals surface area contributed by atoms with Crippen LogP contribution in [0, 0.1) is 24.2 Å². The first-order valence-corrected chi connectivity index (χ1v) is 4.49. The first-order chi connectivity index (χ1) is 6.11. The molecule has 2 nitrogen and oxygen atoms in total. The van der Waals surface area contributed by atoms with Crippen LogP contribution in [0.15, 0.2) is 12.1 Å². The highest BCUT2D eigenvalue weighted by molar-refractivity contribution is 5.28. The molecule has 13 heavy (non-hydrogen) atoms. The maximum Gasteiger partial charge on any atom is 0.141 e. The van der Waals surface area contributed by atoms with Gasteiger partial charge in [0, 0.05) is 5.69 Å². The Hall–Kier alpha value is -1.36. The quantitative estimate of drug-likeness (QED) is 0.690.